The molecule has 1 aromatic carbocycles. The van der Waals surface area contributed by atoms with Crippen LogP contribution in [0.4, 0.5) is 10.5 Å². The number of phenolic OH excluding ortho intramolecular Hbond substituents is 1. The van der Waals surface area contributed by atoms with Crippen LogP contribution in [0.5, 0.6) is 5.75 Å². The van der Waals surface area contributed by atoms with Crippen LogP contribution in [0.1, 0.15) is 47.7 Å². The molecule has 2 fully saturated rings. The molecule has 5 N–H and O–H groups in total. The second-order valence-corrected chi connectivity index (χ2v) is 11.8. The first-order valence-electron chi connectivity index (χ1n) is 14.0. The molecule has 3 aliphatic carbocycles. The van der Waals surface area contributed by atoms with Crippen molar-refractivity contribution in [3.63, 3.8) is 0 Å². The average Bonchev–Trinajstić information content (AvgIpc) is 2.89. The first kappa shape index (κ1) is 31.1. The van der Waals surface area contributed by atoms with E-state index < -0.39 is 76.2 Å². The molecule has 4 rings (SSSR count). The fourth-order valence-corrected chi connectivity index (χ4v) is 6.77. The highest BCUT2D eigenvalue weighted by Gasteiger charge is 2.69. The number of nitrogens with zero attached hydrogens (tertiary/aromatic N) is 2. The van der Waals surface area contributed by atoms with Crippen molar-refractivity contribution in [1.82, 2.24) is 10.2 Å². The van der Waals surface area contributed by atoms with Gasteiger partial charge in [0, 0.05) is 37.8 Å². The molecule has 13 nitrogen and oxygen atoms in total. The van der Waals surface area contributed by atoms with Gasteiger partial charge >= 0.3 is 6.09 Å². The number of unbranched alkanes of at least 4 members (excludes halogenated alkanes) is 1. The van der Waals surface area contributed by atoms with E-state index in [2.05, 4.69) is 5.32 Å². The summed E-state index contributed by atoms with van der Waals surface area (Å²) in [5.74, 6) is -11.1. The van der Waals surface area contributed by atoms with Crippen LogP contribution in [0.15, 0.2) is 6.07 Å². The summed E-state index contributed by atoms with van der Waals surface area (Å²) in [5, 5.41) is 25.5. The highest BCUT2D eigenvalue weighted by atomic mass is 16.5. The Hall–Kier alpha value is -3.84. The zero-order valence-corrected chi connectivity index (χ0v) is 24.4. The van der Waals surface area contributed by atoms with Gasteiger partial charge in [-0.15, -0.1) is 0 Å². The van der Waals surface area contributed by atoms with Crippen LogP contribution < -0.4 is 16.0 Å². The predicted octanol–water partition coefficient (Wildman–Crippen LogP) is -0.0407. The van der Waals surface area contributed by atoms with Crippen molar-refractivity contribution >= 4 is 40.8 Å². The molecule has 6 atom stereocenters. The third kappa shape index (κ3) is 4.83. The van der Waals surface area contributed by atoms with Crippen molar-refractivity contribution in [2.75, 3.05) is 39.7 Å². The van der Waals surface area contributed by atoms with E-state index >= 15 is 0 Å². The number of amides is 2. The molecule has 0 saturated heterocycles. The number of alkyl carbamates (subject to hydrolysis) is 1. The Morgan fingerprint density at radius 1 is 1.14 bits per heavy atom. The second-order valence-electron chi connectivity index (χ2n) is 11.8. The monoisotopic (exact) mass is 586 g/mol. The standard InChI is InChI=1S/C29H38N4O9/c1-6-7-8-42-28(40)31-12-14-11-17(32(2)3)15-9-13-10-16-21(33(4)5)24(36)20(27(30)39)26(38)29(16,41)25(37)18(13)23(35)19(15)22(14)34/h11,13,16,18,20-21,34,41H,6-10,12H2,1-5H3,(H2,30,39)(H,31,40)/t13-,16-,18?,20?,21+,29-/m0/s1. The van der Waals surface area contributed by atoms with E-state index in [0.717, 1.165) is 6.42 Å². The number of hydrogen-bond acceptors (Lipinski definition) is 11. The van der Waals surface area contributed by atoms with Gasteiger partial charge in [-0.3, -0.25) is 28.9 Å². The number of phenols is 1. The number of hydrogen-bond donors (Lipinski definition) is 4. The van der Waals surface area contributed by atoms with Crippen molar-refractivity contribution in [2.24, 2.45) is 29.4 Å². The van der Waals surface area contributed by atoms with E-state index in [1.807, 2.05) is 6.92 Å². The van der Waals surface area contributed by atoms with E-state index in [0.29, 0.717) is 17.7 Å². The zero-order chi connectivity index (χ0) is 31.3. The van der Waals surface area contributed by atoms with Crippen molar-refractivity contribution in [3.8, 4) is 5.75 Å². The number of ketones is 4. The summed E-state index contributed by atoms with van der Waals surface area (Å²) in [7, 11) is 6.56. The van der Waals surface area contributed by atoms with Crippen LogP contribution in [0.25, 0.3) is 0 Å². The van der Waals surface area contributed by atoms with Crippen molar-refractivity contribution in [1.29, 1.82) is 0 Å². The van der Waals surface area contributed by atoms with Crippen molar-refractivity contribution < 1.29 is 43.7 Å². The molecule has 0 heterocycles. The number of aromatic hydroxyl groups is 1. The van der Waals surface area contributed by atoms with Gasteiger partial charge in [0.15, 0.2) is 34.7 Å². The second kappa shape index (κ2) is 11.4. The summed E-state index contributed by atoms with van der Waals surface area (Å²) in [6, 6.07) is 0.474. The summed E-state index contributed by atoms with van der Waals surface area (Å²) < 4.78 is 5.10. The Bertz CT molecular complexity index is 1360. The van der Waals surface area contributed by atoms with Crippen LogP contribution in [0.3, 0.4) is 0 Å². The molecule has 0 bridgehead atoms. The van der Waals surface area contributed by atoms with E-state index in [4.69, 9.17) is 10.5 Å². The van der Waals surface area contributed by atoms with Crippen molar-refractivity contribution in [3.05, 3.63) is 22.8 Å². The van der Waals surface area contributed by atoms with Gasteiger partial charge in [0.1, 0.15) is 5.75 Å². The van der Waals surface area contributed by atoms with Gasteiger partial charge < -0.3 is 30.9 Å². The number of Topliss-reactive ketones (excluding diaryl/α,β-unsaturated/α-hetero) is 4. The molecule has 1 aromatic rings. The van der Waals surface area contributed by atoms with Crippen LogP contribution >= 0.6 is 0 Å². The minimum Gasteiger partial charge on any atom is -0.507 e. The highest BCUT2D eigenvalue weighted by Crippen LogP contribution is 2.52. The highest BCUT2D eigenvalue weighted by molar-refractivity contribution is 6.32. The molecule has 13 heteroatoms. The Morgan fingerprint density at radius 3 is 2.38 bits per heavy atom. The summed E-state index contributed by atoms with van der Waals surface area (Å²) in [6.45, 7) is 2.01. The van der Waals surface area contributed by atoms with Crippen LogP contribution in [-0.4, -0.2) is 96.7 Å². The number of likely N-dealkylation sites (N-methyl/N-ethyl adjacent to an activating group) is 1. The van der Waals surface area contributed by atoms with E-state index in [9.17, 15) is 39.0 Å². The lowest BCUT2D eigenvalue weighted by molar-refractivity contribution is -0.181. The smallest absolute Gasteiger partial charge is 0.407 e. The average molecular weight is 587 g/mol. The summed E-state index contributed by atoms with van der Waals surface area (Å²) in [6.07, 6.45) is 0.931. The molecule has 0 aliphatic heterocycles. The summed E-state index contributed by atoms with van der Waals surface area (Å²) in [4.78, 5) is 82.1. The zero-order valence-electron chi connectivity index (χ0n) is 24.4. The maximum Gasteiger partial charge on any atom is 0.407 e. The molecule has 3 aliphatic rings. The lowest BCUT2D eigenvalue weighted by atomic mass is 9.52. The number of fused-ring (bicyclic) bond motifs is 3. The molecular formula is C29H38N4O9. The maximum absolute atomic E-state index is 14.0. The molecule has 2 amide bonds. The number of primary amides is 1. The molecule has 2 saturated carbocycles. The summed E-state index contributed by atoms with van der Waals surface area (Å²) >= 11 is 0. The van der Waals surface area contributed by atoms with Gasteiger partial charge in [-0.25, -0.2) is 4.79 Å². The molecule has 2 unspecified atom stereocenters. The SMILES string of the molecule is CCCCOC(=O)NCc1cc(N(C)C)c2c(c1O)C(=O)C1C(=O)[C@]3(O)C(=O)C(C(N)=O)C(=O)[C@H](N(C)C)[C@@H]3C[C@@H]1C2. The minimum atomic E-state index is -2.79. The fraction of sp³-hybridized carbons (Fsp3) is 0.586. The topological polar surface area (TPSA) is 197 Å². The number of nitrogens with one attached hydrogen (secondary N) is 1. The lowest BCUT2D eigenvalue weighted by Crippen LogP contribution is -2.74. The molecule has 0 aromatic heterocycles. The molecular weight excluding hydrogens is 548 g/mol. The number of benzene rings is 1. The quantitative estimate of drug-likeness (QED) is 0.236. The number of anilines is 1. The number of ether oxygens (including phenoxy) is 1. The third-order valence-corrected chi connectivity index (χ3v) is 8.75. The van der Waals surface area contributed by atoms with Crippen LogP contribution in [0, 0.1) is 23.7 Å². The van der Waals surface area contributed by atoms with Crippen LogP contribution in [-0.2, 0) is 36.9 Å². The summed E-state index contributed by atoms with van der Waals surface area (Å²) in [5.41, 5.74) is 3.69. The number of rotatable bonds is 8. The Balaban J connectivity index is 1.77. The number of nitrogens with two attached hydrogens (primary N) is 1. The minimum absolute atomic E-state index is 0.0373. The van der Waals surface area contributed by atoms with Crippen LogP contribution in [0.2, 0.25) is 0 Å². The van der Waals surface area contributed by atoms with Gasteiger partial charge in [-0.05, 0) is 50.9 Å². The maximum atomic E-state index is 14.0. The molecule has 0 spiro atoms. The number of aliphatic hydroxyl groups is 1. The van der Waals surface area contributed by atoms with Gasteiger partial charge in [-0.1, -0.05) is 13.3 Å². The van der Waals surface area contributed by atoms with E-state index in [1.54, 1.807) is 25.1 Å². The molecule has 0 radical (unpaired) electrons. The largest absolute Gasteiger partial charge is 0.507 e. The van der Waals surface area contributed by atoms with E-state index in [1.165, 1.54) is 19.0 Å². The van der Waals surface area contributed by atoms with E-state index in [-0.39, 0.29) is 37.1 Å². The first-order valence-corrected chi connectivity index (χ1v) is 14.0. The third-order valence-electron chi connectivity index (χ3n) is 8.75. The lowest BCUT2D eigenvalue weighted by Gasteiger charge is -2.52. The van der Waals surface area contributed by atoms with Gasteiger partial charge in [-0.2, -0.15) is 0 Å². The first-order chi connectivity index (χ1) is 19.7. The number of carbonyl (C=O) groups excluding carboxylic acids is 6. The van der Waals surface area contributed by atoms with Gasteiger partial charge in [0.05, 0.1) is 24.1 Å². The fourth-order valence-electron chi connectivity index (χ4n) is 6.77. The Kier molecular flexibility index (Phi) is 8.47. The predicted molar refractivity (Wildman–Crippen MR) is 149 cm³/mol. The Labute approximate surface area is 243 Å². The van der Waals surface area contributed by atoms with Gasteiger partial charge in [0.2, 0.25) is 5.91 Å². The molecule has 228 valence electrons. The molecule has 42 heavy (non-hydrogen) atoms. The Morgan fingerprint density at radius 2 is 1.81 bits per heavy atom. The van der Waals surface area contributed by atoms with Crippen molar-refractivity contribution in [2.45, 2.75) is 50.8 Å². The number of carbonyl (C=O) groups is 6. The van der Waals surface area contributed by atoms with Gasteiger partial charge in [0.25, 0.3) is 0 Å². The normalized spacial score (nSPS) is 28.6.